The van der Waals surface area contributed by atoms with Gasteiger partial charge in [-0.25, -0.2) is 22.0 Å². The molecule has 48 heavy (non-hydrogen) atoms. The fourth-order valence-corrected chi connectivity index (χ4v) is 5.71. The van der Waals surface area contributed by atoms with E-state index in [-0.39, 0.29) is 24.3 Å². The zero-order valence-electron chi connectivity index (χ0n) is 26.3. The van der Waals surface area contributed by atoms with Crippen LogP contribution in [0.25, 0.3) is 0 Å². The Balaban J connectivity index is 1.41. The number of aliphatic hydroxyl groups is 2. The summed E-state index contributed by atoms with van der Waals surface area (Å²) in [4.78, 5) is 14.7. The molecule has 0 bridgehead atoms. The van der Waals surface area contributed by atoms with Gasteiger partial charge in [-0.15, -0.1) is 0 Å². The van der Waals surface area contributed by atoms with E-state index in [0.29, 0.717) is 17.7 Å². The van der Waals surface area contributed by atoms with Crippen molar-refractivity contribution in [2.75, 3.05) is 18.9 Å². The Hall–Kier alpha value is -4.20. The number of nitrogens with zero attached hydrogens (tertiary/aromatic N) is 1. The number of ether oxygens (including phenoxy) is 2. The van der Waals surface area contributed by atoms with Gasteiger partial charge in [-0.2, -0.15) is 0 Å². The Kier molecular flexibility index (Phi) is 10.9. The van der Waals surface area contributed by atoms with Crippen LogP contribution in [0.4, 0.5) is 27.6 Å². The molecule has 1 fully saturated rings. The van der Waals surface area contributed by atoms with Crippen LogP contribution in [-0.2, 0) is 16.1 Å². The molecule has 0 unspecified atom stereocenters. The highest BCUT2D eigenvalue weighted by atomic mass is 19.2. The summed E-state index contributed by atoms with van der Waals surface area (Å²) in [5.41, 5.74) is 1.07. The molecule has 7 nitrogen and oxygen atoms in total. The first-order chi connectivity index (χ1) is 22.9. The second-order valence-corrected chi connectivity index (χ2v) is 11.9. The van der Waals surface area contributed by atoms with E-state index >= 15 is 0 Å². The molecule has 0 radical (unpaired) electrons. The number of rotatable bonds is 10. The van der Waals surface area contributed by atoms with Crippen LogP contribution >= 0.6 is 0 Å². The first-order valence-corrected chi connectivity index (χ1v) is 15.3. The molecule has 3 N–H and O–H groups in total. The predicted octanol–water partition coefficient (Wildman–Crippen LogP) is 6.97. The maximum atomic E-state index is 14.3. The molecule has 1 aliphatic heterocycles. The molecule has 6 atom stereocenters. The molecule has 254 valence electrons. The summed E-state index contributed by atoms with van der Waals surface area (Å²) < 4.78 is 82.6. The smallest absolute Gasteiger partial charge is 0.261 e. The minimum atomic E-state index is -2.37. The number of carbonyl (C=O) groups is 1. The molecule has 12 heteroatoms. The van der Waals surface area contributed by atoms with Crippen molar-refractivity contribution in [3.05, 3.63) is 136 Å². The number of likely N-dealkylation sites (N-methyl/N-ethyl adjacent to an activating group) is 1. The van der Waals surface area contributed by atoms with Crippen molar-refractivity contribution < 1.29 is 46.4 Å². The quantitative estimate of drug-likeness (QED) is 0.0960. The molecule has 1 aliphatic rings. The van der Waals surface area contributed by atoms with Gasteiger partial charge in [0.15, 0.2) is 29.6 Å². The highest BCUT2D eigenvalue weighted by Gasteiger charge is 2.40. The molecule has 1 amide bonds. The average molecular weight is 671 g/mol. The average Bonchev–Trinajstić information content (AvgIpc) is 3.10. The molecule has 0 spiro atoms. The largest absolute Gasteiger partial charge is 0.392 e. The van der Waals surface area contributed by atoms with E-state index < -0.39 is 65.2 Å². The third-order valence-electron chi connectivity index (χ3n) is 8.74. The number of amides is 1. The van der Waals surface area contributed by atoms with E-state index in [1.54, 1.807) is 18.2 Å². The number of benzene rings is 4. The van der Waals surface area contributed by atoms with Gasteiger partial charge in [0, 0.05) is 29.8 Å². The van der Waals surface area contributed by atoms with Crippen molar-refractivity contribution in [2.24, 2.45) is 5.92 Å². The predicted molar refractivity (Wildman–Crippen MR) is 167 cm³/mol. The summed E-state index contributed by atoms with van der Waals surface area (Å²) in [6.07, 6.45) is -2.74. The summed E-state index contributed by atoms with van der Waals surface area (Å²) in [5.74, 6) is -13.1. The van der Waals surface area contributed by atoms with Crippen LogP contribution in [0.2, 0.25) is 0 Å². The van der Waals surface area contributed by atoms with E-state index in [2.05, 4.69) is 5.32 Å². The zero-order chi connectivity index (χ0) is 34.7. The SMILES string of the molecule is C[C@H]1[C@@H](CN(C)[C@H](C)[C@@H](O)c2ccccc2)O[C@@H](c2cccc(NC(=O)c3c(F)c(F)c(F)c(F)c3F)c2)O[C@H]1c1ccc(CO)cc1. The Morgan fingerprint density at radius 1 is 0.854 bits per heavy atom. The molecule has 1 heterocycles. The minimum absolute atomic E-state index is 0.00983. The maximum absolute atomic E-state index is 14.3. The summed E-state index contributed by atoms with van der Waals surface area (Å²) >= 11 is 0. The number of halogens is 5. The van der Waals surface area contributed by atoms with E-state index in [4.69, 9.17) is 9.47 Å². The van der Waals surface area contributed by atoms with Gasteiger partial charge in [0.2, 0.25) is 5.82 Å². The van der Waals surface area contributed by atoms with Gasteiger partial charge >= 0.3 is 0 Å². The molecular weight excluding hydrogens is 635 g/mol. The molecule has 5 rings (SSSR count). The van der Waals surface area contributed by atoms with Gasteiger partial charge in [-0.3, -0.25) is 9.69 Å². The van der Waals surface area contributed by atoms with Crippen molar-refractivity contribution in [1.29, 1.82) is 0 Å². The highest BCUT2D eigenvalue weighted by Crippen LogP contribution is 2.42. The number of nitrogens with one attached hydrogen (secondary N) is 1. The number of carbonyl (C=O) groups excluding carboxylic acids is 1. The Morgan fingerprint density at radius 2 is 1.48 bits per heavy atom. The molecule has 1 saturated heterocycles. The summed E-state index contributed by atoms with van der Waals surface area (Å²) in [6, 6.07) is 22.2. The van der Waals surface area contributed by atoms with Crippen LogP contribution in [0.5, 0.6) is 0 Å². The van der Waals surface area contributed by atoms with Gasteiger partial charge in [0.05, 0.1) is 24.9 Å². The van der Waals surface area contributed by atoms with Crippen molar-refractivity contribution in [3.8, 4) is 0 Å². The van der Waals surface area contributed by atoms with Crippen molar-refractivity contribution in [2.45, 2.75) is 51.1 Å². The van der Waals surface area contributed by atoms with Gasteiger partial charge in [-0.05, 0) is 42.8 Å². The number of hydrogen-bond acceptors (Lipinski definition) is 6. The summed E-state index contributed by atoms with van der Waals surface area (Å²) in [6.45, 7) is 4.12. The maximum Gasteiger partial charge on any atom is 0.261 e. The number of aliphatic hydroxyl groups excluding tert-OH is 2. The van der Waals surface area contributed by atoms with E-state index in [9.17, 15) is 37.0 Å². The zero-order valence-corrected chi connectivity index (χ0v) is 26.3. The lowest BCUT2D eigenvalue weighted by Gasteiger charge is -2.43. The van der Waals surface area contributed by atoms with Gasteiger partial charge in [0.1, 0.15) is 5.56 Å². The molecule has 4 aromatic carbocycles. The van der Waals surface area contributed by atoms with E-state index in [0.717, 1.165) is 11.1 Å². The van der Waals surface area contributed by atoms with E-state index in [1.165, 1.54) is 18.2 Å². The molecule has 0 saturated carbocycles. The first kappa shape index (κ1) is 35.1. The molecular formula is C36H35F5N2O5. The lowest BCUT2D eigenvalue weighted by molar-refractivity contribution is -0.276. The minimum Gasteiger partial charge on any atom is -0.392 e. The Bertz CT molecular complexity index is 1710. The standard InChI is InChI=1S/C36H35F5N2O5/c1-19-26(17-43(3)20(2)33(45)22-8-5-4-6-9-22)47-36(48-34(19)23-14-12-21(18-44)13-15-23)24-10-7-11-25(16-24)42-35(46)27-28(37)30(39)32(41)31(40)29(27)38/h4-16,19-20,26,33-34,36,44-45H,17-18H2,1-3H3,(H,42,46)/t19-,20+,26+,33+,34+,36+/m0/s1. The van der Waals surface area contributed by atoms with Gasteiger partial charge in [0.25, 0.3) is 5.91 Å². The highest BCUT2D eigenvalue weighted by molar-refractivity contribution is 6.04. The van der Waals surface area contributed by atoms with Crippen molar-refractivity contribution in [3.63, 3.8) is 0 Å². The number of hydrogen-bond donors (Lipinski definition) is 3. The normalized spacial score (nSPS) is 20.8. The number of anilines is 1. The topological polar surface area (TPSA) is 91.3 Å². The monoisotopic (exact) mass is 670 g/mol. The second kappa shape index (κ2) is 14.9. The molecule has 4 aromatic rings. The van der Waals surface area contributed by atoms with Gasteiger partial charge in [-0.1, -0.05) is 73.7 Å². The summed E-state index contributed by atoms with van der Waals surface area (Å²) in [7, 11) is 1.87. The fourth-order valence-electron chi connectivity index (χ4n) is 5.71. The lowest BCUT2D eigenvalue weighted by atomic mass is 9.89. The lowest BCUT2D eigenvalue weighted by Crippen LogP contribution is -2.46. The van der Waals surface area contributed by atoms with Crippen LogP contribution < -0.4 is 5.32 Å². The van der Waals surface area contributed by atoms with Crippen LogP contribution in [0, 0.1) is 35.0 Å². The van der Waals surface area contributed by atoms with Crippen LogP contribution in [0.1, 0.15) is 65.0 Å². The molecule has 0 aliphatic carbocycles. The summed E-state index contributed by atoms with van der Waals surface area (Å²) in [5, 5.41) is 22.8. The molecule has 0 aromatic heterocycles. The van der Waals surface area contributed by atoms with Crippen LogP contribution in [0.3, 0.4) is 0 Å². The third kappa shape index (κ3) is 7.27. The van der Waals surface area contributed by atoms with Crippen LogP contribution in [-0.4, -0.2) is 46.8 Å². The van der Waals surface area contributed by atoms with Gasteiger partial charge < -0.3 is 25.0 Å². The second-order valence-electron chi connectivity index (χ2n) is 11.9. The van der Waals surface area contributed by atoms with Crippen molar-refractivity contribution in [1.82, 2.24) is 4.90 Å². The first-order valence-electron chi connectivity index (χ1n) is 15.3. The third-order valence-corrected chi connectivity index (χ3v) is 8.74. The van der Waals surface area contributed by atoms with E-state index in [1.807, 2.05) is 68.3 Å². The fraction of sp³-hybridized carbons (Fsp3) is 0.306. The Morgan fingerprint density at radius 3 is 2.10 bits per heavy atom. The van der Waals surface area contributed by atoms with Crippen LogP contribution in [0.15, 0.2) is 78.9 Å². The van der Waals surface area contributed by atoms with Crippen molar-refractivity contribution >= 4 is 11.6 Å². The Labute approximate surface area is 274 Å².